The number of nitrogens with one attached hydrogen (secondary N) is 1. The molecule has 1 aromatic heterocycles. The fourth-order valence-corrected chi connectivity index (χ4v) is 3.70. The highest BCUT2D eigenvalue weighted by Crippen LogP contribution is 2.31. The molecule has 1 aromatic carbocycles. The Balaban J connectivity index is 1.36. The number of likely N-dealkylation sites (tertiary alicyclic amines) is 1. The molecule has 154 valence electrons. The van der Waals surface area contributed by atoms with Crippen LogP contribution in [0.1, 0.15) is 49.5 Å². The zero-order valence-electron chi connectivity index (χ0n) is 17.3. The van der Waals surface area contributed by atoms with E-state index in [-0.39, 0.29) is 11.3 Å². The first kappa shape index (κ1) is 19.8. The zero-order chi connectivity index (χ0) is 20.5. The summed E-state index contributed by atoms with van der Waals surface area (Å²) in [4.78, 5) is 23.2. The molecular weight excluding hydrogens is 368 g/mol. The molecule has 0 radical (unpaired) electrons. The van der Waals surface area contributed by atoms with Crippen LogP contribution in [0.4, 0.5) is 11.6 Å². The number of hydrogen-bond acceptors (Lipinski definition) is 6. The van der Waals surface area contributed by atoms with Gasteiger partial charge in [-0.15, -0.1) is 0 Å². The standard InChI is InChI=1S/C22H28N4O3/c1-21(2,3)17-4-6-18(7-5-17)25-20-23-14-16(15-24-20)19(27)26-10-8-22(9-11-26)28-12-13-29-22/h4-7,14-15H,8-13H2,1-3H3,(H,23,24,25). The summed E-state index contributed by atoms with van der Waals surface area (Å²) in [5, 5.41) is 3.18. The molecule has 2 aliphatic rings. The number of hydrogen-bond donors (Lipinski definition) is 1. The number of carbonyl (C=O) groups is 1. The number of benzene rings is 1. The highest BCUT2D eigenvalue weighted by Gasteiger charge is 2.40. The number of ether oxygens (including phenoxy) is 2. The lowest BCUT2D eigenvalue weighted by Gasteiger charge is -2.37. The van der Waals surface area contributed by atoms with Crippen molar-refractivity contribution < 1.29 is 14.3 Å². The molecule has 4 rings (SSSR count). The number of nitrogens with zero attached hydrogens (tertiary/aromatic N) is 3. The molecule has 1 N–H and O–H groups in total. The lowest BCUT2D eigenvalue weighted by Crippen LogP contribution is -2.47. The molecule has 2 aliphatic heterocycles. The number of piperidine rings is 1. The van der Waals surface area contributed by atoms with Crippen molar-refractivity contribution in [2.45, 2.75) is 44.8 Å². The summed E-state index contributed by atoms with van der Waals surface area (Å²) >= 11 is 0. The third-order valence-corrected chi connectivity index (χ3v) is 5.53. The van der Waals surface area contributed by atoms with Crippen LogP contribution in [0.2, 0.25) is 0 Å². The Hall–Kier alpha value is -2.51. The monoisotopic (exact) mass is 396 g/mol. The fourth-order valence-electron chi connectivity index (χ4n) is 3.70. The van der Waals surface area contributed by atoms with Gasteiger partial charge in [-0.25, -0.2) is 9.97 Å². The van der Waals surface area contributed by atoms with Crippen molar-refractivity contribution in [1.82, 2.24) is 14.9 Å². The first-order valence-corrected chi connectivity index (χ1v) is 10.1. The molecule has 29 heavy (non-hydrogen) atoms. The summed E-state index contributed by atoms with van der Waals surface area (Å²) in [5.74, 6) is -0.0711. The van der Waals surface area contributed by atoms with E-state index in [9.17, 15) is 4.79 Å². The topological polar surface area (TPSA) is 76.6 Å². The van der Waals surface area contributed by atoms with Crippen LogP contribution in [0.3, 0.4) is 0 Å². The van der Waals surface area contributed by atoms with Crippen molar-refractivity contribution in [2.75, 3.05) is 31.6 Å². The molecule has 0 aliphatic carbocycles. The number of amides is 1. The molecule has 2 fully saturated rings. The molecule has 7 nitrogen and oxygen atoms in total. The molecular formula is C22H28N4O3. The average molecular weight is 396 g/mol. The van der Waals surface area contributed by atoms with E-state index >= 15 is 0 Å². The summed E-state index contributed by atoms with van der Waals surface area (Å²) in [6.45, 7) is 9.04. The minimum Gasteiger partial charge on any atom is -0.347 e. The second kappa shape index (κ2) is 7.72. The number of rotatable bonds is 3. The van der Waals surface area contributed by atoms with Gasteiger partial charge in [-0.1, -0.05) is 32.9 Å². The van der Waals surface area contributed by atoms with Gasteiger partial charge >= 0.3 is 0 Å². The van der Waals surface area contributed by atoms with Crippen LogP contribution < -0.4 is 5.32 Å². The Labute approximate surface area is 171 Å². The quantitative estimate of drug-likeness (QED) is 0.856. The van der Waals surface area contributed by atoms with Gasteiger partial charge < -0.3 is 19.7 Å². The molecule has 1 spiro atoms. The minimum absolute atomic E-state index is 0.0565. The molecule has 0 unspecified atom stereocenters. The highest BCUT2D eigenvalue weighted by molar-refractivity contribution is 5.93. The van der Waals surface area contributed by atoms with E-state index < -0.39 is 5.79 Å². The van der Waals surface area contributed by atoms with Gasteiger partial charge in [-0.3, -0.25) is 4.79 Å². The van der Waals surface area contributed by atoms with Crippen molar-refractivity contribution in [3.63, 3.8) is 0 Å². The Kier molecular flexibility index (Phi) is 5.27. The van der Waals surface area contributed by atoms with E-state index in [0.29, 0.717) is 50.7 Å². The third-order valence-electron chi connectivity index (χ3n) is 5.53. The molecule has 2 aromatic rings. The first-order valence-electron chi connectivity index (χ1n) is 10.1. The molecule has 0 bridgehead atoms. The van der Waals surface area contributed by atoms with E-state index in [1.54, 1.807) is 12.4 Å². The molecule has 3 heterocycles. The van der Waals surface area contributed by atoms with Crippen molar-refractivity contribution in [3.8, 4) is 0 Å². The van der Waals surface area contributed by atoms with Crippen molar-refractivity contribution in [1.29, 1.82) is 0 Å². The largest absolute Gasteiger partial charge is 0.347 e. The summed E-state index contributed by atoms with van der Waals surface area (Å²) < 4.78 is 11.4. The van der Waals surface area contributed by atoms with Gasteiger partial charge in [0.15, 0.2) is 5.79 Å². The predicted molar refractivity (Wildman–Crippen MR) is 110 cm³/mol. The van der Waals surface area contributed by atoms with Crippen LogP contribution in [0.25, 0.3) is 0 Å². The normalized spacial score (nSPS) is 18.8. The number of anilines is 2. The maximum absolute atomic E-state index is 12.7. The van der Waals surface area contributed by atoms with Crippen molar-refractivity contribution in [2.24, 2.45) is 0 Å². The van der Waals surface area contributed by atoms with E-state index in [2.05, 4.69) is 48.2 Å². The molecule has 1 amide bonds. The first-order chi connectivity index (χ1) is 13.8. The van der Waals surface area contributed by atoms with E-state index in [4.69, 9.17) is 9.47 Å². The van der Waals surface area contributed by atoms with Gasteiger partial charge in [0, 0.05) is 44.0 Å². The van der Waals surface area contributed by atoms with Gasteiger partial charge in [0.05, 0.1) is 18.8 Å². The lowest BCUT2D eigenvalue weighted by atomic mass is 9.87. The van der Waals surface area contributed by atoms with Crippen LogP contribution in [-0.4, -0.2) is 52.9 Å². The smallest absolute Gasteiger partial charge is 0.256 e. The molecule has 2 saturated heterocycles. The fraction of sp³-hybridized carbons (Fsp3) is 0.500. The number of carbonyl (C=O) groups excluding carboxylic acids is 1. The third kappa shape index (κ3) is 4.41. The van der Waals surface area contributed by atoms with Gasteiger partial charge in [0.1, 0.15) is 0 Å². The van der Waals surface area contributed by atoms with Crippen LogP contribution in [0.15, 0.2) is 36.7 Å². The lowest BCUT2D eigenvalue weighted by molar-refractivity contribution is -0.181. The van der Waals surface area contributed by atoms with Crippen LogP contribution in [0, 0.1) is 0 Å². The minimum atomic E-state index is -0.483. The number of aromatic nitrogens is 2. The van der Waals surface area contributed by atoms with Gasteiger partial charge in [-0.05, 0) is 23.1 Å². The summed E-state index contributed by atoms with van der Waals surface area (Å²) in [6, 6.07) is 8.22. The maximum Gasteiger partial charge on any atom is 0.256 e. The summed E-state index contributed by atoms with van der Waals surface area (Å²) in [6.07, 6.45) is 4.55. The average Bonchev–Trinajstić information content (AvgIpc) is 3.16. The van der Waals surface area contributed by atoms with Crippen molar-refractivity contribution in [3.05, 3.63) is 47.8 Å². The molecule has 0 saturated carbocycles. The van der Waals surface area contributed by atoms with Gasteiger partial charge in [0.2, 0.25) is 5.95 Å². The highest BCUT2D eigenvalue weighted by atomic mass is 16.7. The van der Waals surface area contributed by atoms with Crippen LogP contribution >= 0.6 is 0 Å². The second-order valence-corrected chi connectivity index (χ2v) is 8.65. The second-order valence-electron chi connectivity index (χ2n) is 8.65. The predicted octanol–water partition coefficient (Wildman–Crippen LogP) is 3.50. The van der Waals surface area contributed by atoms with Gasteiger partial charge in [-0.2, -0.15) is 0 Å². The Morgan fingerprint density at radius 3 is 2.17 bits per heavy atom. The Morgan fingerprint density at radius 1 is 1.03 bits per heavy atom. The van der Waals surface area contributed by atoms with E-state index in [0.717, 1.165) is 5.69 Å². The van der Waals surface area contributed by atoms with Crippen LogP contribution in [-0.2, 0) is 14.9 Å². The van der Waals surface area contributed by atoms with E-state index in [1.165, 1.54) is 5.56 Å². The Morgan fingerprint density at radius 2 is 1.62 bits per heavy atom. The summed E-state index contributed by atoms with van der Waals surface area (Å²) in [7, 11) is 0. The van der Waals surface area contributed by atoms with Crippen molar-refractivity contribution >= 4 is 17.5 Å². The molecule has 0 atom stereocenters. The Bertz CT molecular complexity index is 843. The zero-order valence-corrected chi connectivity index (χ0v) is 17.3. The van der Waals surface area contributed by atoms with Crippen LogP contribution in [0.5, 0.6) is 0 Å². The maximum atomic E-state index is 12.7. The van der Waals surface area contributed by atoms with E-state index in [1.807, 2.05) is 17.0 Å². The summed E-state index contributed by atoms with van der Waals surface area (Å²) in [5.41, 5.74) is 2.78. The molecule has 7 heteroatoms. The van der Waals surface area contributed by atoms with Gasteiger partial charge in [0.25, 0.3) is 5.91 Å². The SMILES string of the molecule is CC(C)(C)c1ccc(Nc2ncc(C(=O)N3CCC4(CC3)OCCO4)cn2)cc1.